The molecule has 0 aliphatic carbocycles. The number of rotatable bonds is 6. The van der Waals surface area contributed by atoms with E-state index in [1.54, 1.807) is 12.1 Å². The SMILES string of the molecule is CC1=C(c2ccccc2)C(CC(O)[C@H]2CCCN2S(=O)(=O)c2ccc(C)cc2)n2cncc21. The second kappa shape index (κ2) is 8.56. The molecular formula is C26H29N3O3S. The highest BCUT2D eigenvalue weighted by Crippen LogP contribution is 2.45. The Balaban J connectivity index is 1.44. The zero-order valence-electron chi connectivity index (χ0n) is 18.9. The Morgan fingerprint density at radius 1 is 1.09 bits per heavy atom. The zero-order valence-corrected chi connectivity index (χ0v) is 19.7. The van der Waals surface area contributed by atoms with E-state index in [9.17, 15) is 13.5 Å². The summed E-state index contributed by atoms with van der Waals surface area (Å²) in [7, 11) is -3.67. The van der Waals surface area contributed by atoms with Gasteiger partial charge >= 0.3 is 0 Å². The molecule has 0 bridgehead atoms. The van der Waals surface area contributed by atoms with E-state index in [0.29, 0.717) is 19.4 Å². The number of aliphatic hydroxyl groups excluding tert-OH is 1. The second-order valence-electron chi connectivity index (χ2n) is 9.05. The zero-order chi connectivity index (χ0) is 23.2. The summed E-state index contributed by atoms with van der Waals surface area (Å²) < 4.78 is 30.4. The number of benzene rings is 2. The minimum atomic E-state index is -3.67. The van der Waals surface area contributed by atoms with Gasteiger partial charge in [0.2, 0.25) is 10.0 Å². The maximum atomic E-state index is 13.4. The highest BCUT2D eigenvalue weighted by molar-refractivity contribution is 7.89. The summed E-state index contributed by atoms with van der Waals surface area (Å²) in [5, 5.41) is 11.4. The van der Waals surface area contributed by atoms with Crippen molar-refractivity contribution in [2.24, 2.45) is 0 Å². The molecule has 3 aromatic rings. The Morgan fingerprint density at radius 2 is 1.82 bits per heavy atom. The predicted molar refractivity (Wildman–Crippen MR) is 129 cm³/mol. The molecule has 0 spiro atoms. The molecular weight excluding hydrogens is 434 g/mol. The van der Waals surface area contributed by atoms with E-state index in [4.69, 9.17) is 0 Å². The fourth-order valence-corrected chi connectivity index (χ4v) is 7.03. The standard InChI is InChI=1S/C26H29N3O3S/c1-18-10-12-21(13-11-18)33(31,32)29-14-6-9-22(29)25(30)15-23-26(20-7-4-3-5-8-20)19(2)24-16-27-17-28(23)24/h3-5,7-8,10-13,16-17,22-23,25,30H,6,9,14-15H2,1-2H3/t22-,23?,25?/m1/s1. The molecule has 1 fully saturated rings. The van der Waals surface area contributed by atoms with Crippen LogP contribution in [0.3, 0.4) is 0 Å². The number of nitrogens with zero attached hydrogens (tertiary/aromatic N) is 3. The highest BCUT2D eigenvalue weighted by Gasteiger charge is 2.41. The van der Waals surface area contributed by atoms with Crippen molar-refractivity contribution in [1.82, 2.24) is 13.9 Å². The van der Waals surface area contributed by atoms with E-state index < -0.39 is 22.2 Å². The quantitative estimate of drug-likeness (QED) is 0.592. The number of aromatic nitrogens is 2. The summed E-state index contributed by atoms with van der Waals surface area (Å²) in [5.41, 5.74) is 5.48. The maximum absolute atomic E-state index is 13.4. The van der Waals surface area contributed by atoms with Crippen LogP contribution in [-0.2, 0) is 10.0 Å². The van der Waals surface area contributed by atoms with E-state index in [-0.39, 0.29) is 10.9 Å². The summed E-state index contributed by atoms with van der Waals surface area (Å²) in [6, 6.07) is 16.6. The lowest BCUT2D eigenvalue weighted by molar-refractivity contribution is 0.0904. The van der Waals surface area contributed by atoms with Crippen molar-refractivity contribution in [3.63, 3.8) is 0 Å². The lowest BCUT2D eigenvalue weighted by Gasteiger charge is -2.30. The Labute approximate surface area is 195 Å². The van der Waals surface area contributed by atoms with Crippen molar-refractivity contribution < 1.29 is 13.5 Å². The van der Waals surface area contributed by atoms with Crippen LogP contribution < -0.4 is 0 Å². The molecule has 1 N–H and O–H groups in total. The van der Waals surface area contributed by atoms with Gasteiger partial charge < -0.3 is 9.67 Å². The van der Waals surface area contributed by atoms with Crippen LogP contribution >= 0.6 is 0 Å². The first-order chi connectivity index (χ1) is 15.9. The predicted octanol–water partition coefficient (Wildman–Crippen LogP) is 4.28. The van der Waals surface area contributed by atoms with Gasteiger partial charge in [0.05, 0.1) is 41.3 Å². The molecule has 0 radical (unpaired) electrons. The van der Waals surface area contributed by atoms with Gasteiger partial charge in [0, 0.05) is 6.54 Å². The van der Waals surface area contributed by atoms with Gasteiger partial charge in [-0.15, -0.1) is 0 Å². The number of aliphatic hydroxyl groups is 1. The maximum Gasteiger partial charge on any atom is 0.243 e. The smallest absolute Gasteiger partial charge is 0.243 e. The van der Waals surface area contributed by atoms with Crippen molar-refractivity contribution in [1.29, 1.82) is 0 Å². The van der Waals surface area contributed by atoms with Crippen LogP contribution in [-0.4, -0.2) is 46.1 Å². The average molecular weight is 464 g/mol. The van der Waals surface area contributed by atoms with E-state index in [1.807, 2.05) is 49.8 Å². The Bertz CT molecular complexity index is 1280. The first kappa shape index (κ1) is 22.1. The summed E-state index contributed by atoms with van der Waals surface area (Å²) in [5.74, 6) is 0. The summed E-state index contributed by atoms with van der Waals surface area (Å²) in [6.07, 6.45) is 4.69. The number of imidazole rings is 1. The van der Waals surface area contributed by atoms with Gasteiger partial charge in [-0.05, 0) is 62.0 Å². The summed E-state index contributed by atoms with van der Waals surface area (Å²) in [6.45, 7) is 4.45. The molecule has 7 heteroatoms. The third-order valence-electron chi connectivity index (χ3n) is 6.99. The monoisotopic (exact) mass is 463 g/mol. The molecule has 3 atom stereocenters. The first-order valence-corrected chi connectivity index (χ1v) is 12.9. The molecule has 5 rings (SSSR count). The van der Waals surface area contributed by atoms with Crippen molar-refractivity contribution in [3.8, 4) is 0 Å². The van der Waals surface area contributed by atoms with Crippen LogP contribution in [0.1, 0.15) is 49.0 Å². The van der Waals surface area contributed by atoms with Crippen molar-refractivity contribution in [2.75, 3.05) is 6.54 Å². The van der Waals surface area contributed by atoms with Crippen LogP contribution in [0.25, 0.3) is 11.1 Å². The Kier molecular flexibility index (Phi) is 5.72. The molecule has 2 aliphatic rings. The summed E-state index contributed by atoms with van der Waals surface area (Å²) in [4.78, 5) is 4.60. The van der Waals surface area contributed by atoms with Crippen molar-refractivity contribution in [2.45, 2.75) is 56.2 Å². The fourth-order valence-electron chi connectivity index (χ4n) is 5.31. The molecule has 2 aromatic carbocycles. The number of hydrogen-bond donors (Lipinski definition) is 1. The minimum absolute atomic E-state index is 0.0931. The normalized spacial score (nSPS) is 22.0. The lowest BCUT2D eigenvalue weighted by Crippen LogP contribution is -2.43. The topological polar surface area (TPSA) is 75.4 Å². The first-order valence-electron chi connectivity index (χ1n) is 11.4. The molecule has 3 heterocycles. The third kappa shape index (κ3) is 3.84. The van der Waals surface area contributed by atoms with Crippen LogP contribution in [0, 0.1) is 6.92 Å². The van der Waals surface area contributed by atoms with Gasteiger partial charge in [0.1, 0.15) is 0 Å². The highest BCUT2D eigenvalue weighted by atomic mass is 32.2. The second-order valence-corrected chi connectivity index (χ2v) is 10.9. The van der Waals surface area contributed by atoms with Crippen LogP contribution in [0.4, 0.5) is 0 Å². The van der Waals surface area contributed by atoms with Gasteiger partial charge in [0.25, 0.3) is 0 Å². The van der Waals surface area contributed by atoms with Gasteiger partial charge in [-0.3, -0.25) is 0 Å². The minimum Gasteiger partial charge on any atom is -0.391 e. The van der Waals surface area contributed by atoms with Crippen LogP contribution in [0.2, 0.25) is 0 Å². The molecule has 0 saturated carbocycles. The van der Waals surface area contributed by atoms with Gasteiger partial charge in [-0.25, -0.2) is 13.4 Å². The molecule has 33 heavy (non-hydrogen) atoms. The largest absolute Gasteiger partial charge is 0.391 e. The van der Waals surface area contributed by atoms with E-state index in [2.05, 4.69) is 28.6 Å². The Morgan fingerprint density at radius 3 is 2.55 bits per heavy atom. The molecule has 172 valence electrons. The molecule has 0 amide bonds. The molecule has 1 aromatic heterocycles. The summed E-state index contributed by atoms with van der Waals surface area (Å²) >= 11 is 0. The number of fused-ring (bicyclic) bond motifs is 1. The Hall–Kier alpha value is -2.74. The molecule has 6 nitrogen and oxygen atoms in total. The van der Waals surface area contributed by atoms with Crippen molar-refractivity contribution >= 4 is 21.2 Å². The van der Waals surface area contributed by atoms with E-state index >= 15 is 0 Å². The lowest BCUT2D eigenvalue weighted by atomic mass is 9.91. The molecule has 2 aliphatic heterocycles. The van der Waals surface area contributed by atoms with Crippen molar-refractivity contribution in [3.05, 3.63) is 83.9 Å². The van der Waals surface area contributed by atoms with Crippen LogP contribution in [0.15, 0.2) is 72.0 Å². The number of aryl methyl sites for hydroxylation is 1. The number of allylic oxidation sites excluding steroid dienone is 2. The number of sulfonamides is 1. The molecule has 1 saturated heterocycles. The van der Waals surface area contributed by atoms with Crippen LogP contribution in [0.5, 0.6) is 0 Å². The van der Waals surface area contributed by atoms with E-state index in [0.717, 1.165) is 34.4 Å². The van der Waals surface area contributed by atoms with Gasteiger partial charge in [-0.1, -0.05) is 48.0 Å². The number of hydrogen-bond acceptors (Lipinski definition) is 4. The third-order valence-corrected chi connectivity index (χ3v) is 8.93. The molecule has 2 unspecified atom stereocenters. The fraction of sp³-hybridized carbons (Fsp3) is 0.346. The van der Waals surface area contributed by atoms with E-state index in [1.165, 1.54) is 4.31 Å². The average Bonchev–Trinajstić information content (AvgIpc) is 3.53. The van der Waals surface area contributed by atoms with Gasteiger partial charge in [0.15, 0.2) is 0 Å². The van der Waals surface area contributed by atoms with Gasteiger partial charge in [-0.2, -0.15) is 4.31 Å².